The van der Waals surface area contributed by atoms with Gasteiger partial charge in [0.05, 0.1) is 5.56 Å². The second-order valence-electron chi connectivity index (χ2n) is 5.61. The van der Waals surface area contributed by atoms with Crippen LogP contribution in [0, 0.1) is 29.3 Å². The second kappa shape index (κ2) is 6.80. The summed E-state index contributed by atoms with van der Waals surface area (Å²) in [6.07, 6.45) is 1.79. The molecule has 3 heteroatoms. The molecule has 3 aromatic rings. The molecule has 0 saturated carbocycles. The first-order valence-electron chi connectivity index (χ1n) is 7.76. The molecule has 0 aliphatic carbocycles. The molecule has 0 aromatic heterocycles. The van der Waals surface area contributed by atoms with Crippen LogP contribution >= 0.6 is 0 Å². The Balaban J connectivity index is 1.94. The zero-order valence-electron chi connectivity index (χ0n) is 13.2. The van der Waals surface area contributed by atoms with Gasteiger partial charge in [-0.2, -0.15) is 0 Å². The quantitative estimate of drug-likeness (QED) is 0.538. The molecular formula is C21H15F3. The van der Waals surface area contributed by atoms with Gasteiger partial charge in [0.15, 0.2) is 11.6 Å². The Bertz CT molecular complexity index is 962. The lowest BCUT2D eigenvalue weighted by Crippen LogP contribution is -1.89. The van der Waals surface area contributed by atoms with Gasteiger partial charge in [0.2, 0.25) is 0 Å². The molecule has 0 bridgehead atoms. The lowest BCUT2D eigenvalue weighted by molar-refractivity contribution is 0.517. The zero-order chi connectivity index (χ0) is 17.1. The van der Waals surface area contributed by atoms with E-state index >= 15 is 0 Å². The standard InChI is InChI=1S/C21H15F3/c1-2-3-14-4-7-16(20(23)13-14)8-5-15-6-10-18-17(12-15)9-11-19(22)21(18)24/h4,6-7,9-13H,2-3H2,1H3. The molecule has 0 amide bonds. The molecule has 120 valence electrons. The molecule has 0 N–H and O–H groups in total. The summed E-state index contributed by atoms with van der Waals surface area (Å²) in [7, 11) is 0. The maximum Gasteiger partial charge on any atom is 0.166 e. The van der Waals surface area contributed by atoms with E-state index in [-0.39, 0.29) is 11.2 Å². The summed E-state index contributed by atoms with van der Waals surface area (Å²) in [5.41, 5.74) is 1.88. The summed E-state index contributed by atoms with van der Waals surface area (Å²) < 4.78 is 40.9. The van der Waals surface area contributed by atoms with Crippen LogP contribution in [0.1, 0.15) is 30.0 Å². The minimum atomic E-state index is -0.879. The molecule has 24 heavy (non-hydrogen) atoms. The van der Waals surface area contributed by atoms with Crippen LogP contribution in [-0.2, 0) is 6.42 Å². The van der Waals surface area contributed by atoms with Gasteiger partial charge in [0.1, 0.15) is 5.82 Å². The highest BCUT2D eigenvalue weighted by molar-refractivity contribution is 5.84. The molecule has 0 aliphatic rings. The van der Waals surface area contributed by atoms with Crippen LogP contribution < -0.4 is 0 Å². The number of hydrogen-bond donors (Lipinski definition) is 0. The summed E-state index contributed by atoms with van der Waals surface area (Å²) >= 11 is 0. The molecule has 3 aromatic carbocycles. The number of benzene rings is 3. The monoisotopic (exact) mass is 324 g/mol. The third-order valence-electron chi connectivity index (χ3n) is 3.82. The van der Waals surface area contributed by atoms with Crippen molar-refractivity contribution in [2.24, 2.45) is 0 Å². The smallest absolute Gasteiger partial charge is 0.166 e. The van der Waals surface area contributed by atoms with Gasteiger partial charge in [-0.15, -0.1) is 0 Å². The highest BCUT2D eigenvalue weighted by Gasteiger charge is 2.06. The Morgan fingerprint density at radius 3 is 2.42 bits per heavy atom. The predicted octanol–water partition coefficient (Wildman–Crippen LogP) is 5.61. The molecule has 0 fully saturated rings. The van der Waals surface area contributed by atoms with Crippen molar-refractivity contribution >= 4 is 10.8 Å². The van der Waals surface area contributed by atoms with Crippen LogP contribution in [0.2, 0.25) is 0 Å². The fraction of sp³-hybridized carbons (Fsp3) is 0.143. The summed E-state index contributed by atoms with van der Waals surface area (Å²) in [5.74, 6) is 3.57. The van der Waals surface area contributed by atoms with Crippen molar-refractivity contribution in [3.05, 3.63) is 82.7 Å². The van der Waals surface area contributed by atoms with Gasteiger partial charge in [-0.1, -0.05) is 43.4 Å². The molecule has 0 radical (unpaired) electrons. The van der Waals surface area contributed by atoms with Crippen LogP contribution in [-0.4, -0.2) is 0 Å². The third-order valence-corrected chi connectivity index (χ3v) is 3.82. The first-order chi connectivity index (χ1) is 11.6. The fourth-order valence-electron chi connectivity index (χ4n) is 2.59. The van der Waals surface area contributed by atoms with Gasteiger partial charge >= 0.3 is 0 Å². The first kappa shape index (κ1) is 16.1. The van der Waals surface area contributed by atoms with E-state index in [4.69, 9.17) is 0 Å². The summed E-state index contributed by atoms with van der Waals surface area (Å²) in [6.45, 7) is 2.04. The van der Waals surface area contributed by atoms with Crippen molar-refractivity contribution in [2.75, 3.05) is 0 Å². The topological polar surface area (TPSA) is 0 Å². The molecule has 0 saturated heterocycles. The summed E-state index contributed by atoms with van der Waals surface area (Å²) in [4.78, 5) is 0. The molecule has 0 spiro atoms. The SMILES string of the molecule is CCCc1ccc(C#Cc2ccc3c(F)c(F)ccc3c2)c(F)c1. The van der Waals surface area contributed by atoms with Crippen molar-refractivity contribution in [2.45, 2.75) is 19.8 Å². The Labute approximate surface area is 138 Å². The fourth-order valence-corrected chi connectivity index (χ4v) is 2.59. The number of hydrogen-bond acceptors (Lipinski definition) is 0. The van der Waals surface area contributed by atoms with E-state index in [9.17, 15) is 13.2 Å². The van der Waals surface area contributed by atoms with Gasteiger partial charge < -0.3 is 0 Å². The Hall–Kier alpha value is -2.73. The van der Waals surface area contributed by atoms with Gasteiger partial charge in [-0.25, -0.2) is 13.2 Å². The number of aryl methyl sites for hydroxylation is 1. The van der Waals surface area contributed by atoms with Crippen molar-refractivity contribution in [1.82, 2.24) is 0 Å². The van der Waals surface area contributed by atoms with Crippen molar-refractivity contribution in [3.8, 4) is 11.8 Å². The van der Waals surface area contributed by atoms with Crippen molar-refractivity contribution in [1.29, 1.82) is 0 Å². The van der Waals surface area contributed by atoms with Gasteiger partial charge in [-0.3, -0.25) is 0 Å². The highest BCUT2D eigenvalue weighted by Crippen LogP contribution is 2.21. The minimum absolute atomic E-state index is 0.204. The van der Waals surface area contributed by atoms with Crippen LogP contribution in [0.5, 0.6) is 0 Å². The Morgan fingerprint density at radius 1 is 0.833 bits per heavy atom. The highest BCUT2D eigenvalue weighted by atomic mass is 19.2. The molecule has 3 rings (SSSR count). The lowest BCUT2D eigenvalue weighted by Gasteiger charge is -2.02. The van der Waals surface area contributed by atoms with E-state index in [1.165, 1.54) is 18.2 Å². The second-order valence-corrected chi connectivity index (χ2v) is 5.61. The lowest BCUT2D eigenvalue weighted by atomic mass is 10.1. The third kappa shape index (κ3) is 3.28. The maximum absolute atomic E-state index is 14.0. The van der Waals surface area contributed by atoms with Crippen LogP contribution in [0.3, 0.4) is 0 Å². The van der Waals surface area contributed by atoms with E-state index in [0.29, 0.717) is 16.5 Å². The van der Waals surface area contributed by atoms with Crippen LogP contribution in [0.4, 0.5) is 13.2 Å². The van der Waals surface area contributed by atoms with Gasteiger partial charge in [0.25, 0.3) is 0 Å². The normalized spacial score (nSPS) is 10.5. The maximum atomic E-state index is 14.0. The Morgan fingerprint density at radius 2 is 1.67 bits per heavy atom. The van der Waals surface area contributed by atoms with Gasteiger partial charge in [0, 0.05) is 10.9 Å². The van der Waals surface area contributed by atoms with Gasteiger partial charge in [-0.05, 0) is 47.7 Å². The molecule has 0 unspecified atom stereocenters. The molecular weight excluding hydrogens is 309 g/mol. The molecule has 0 heterocycles. The van der Waals surface area contributed by atoms with E-state index in [0.717, 1.165) is 24.5 Å². The van der Waals surface area contributed by atoms with Crippen molar-refractivity contribution in [3.63, 3.8) is 0 Å². The minimum Gasteiger partial charge on any atom is -0.206 e. The Kier molecular flexibility index (Phi) is 4.57. The van der Waals surface area contributed by atoms with Crippen molar-refractivity contribution < 1.29 is 13.2 Å². The average molecular weight is 324 g/mol. The van der Waals surface area contributed by atoms with E-state index in [1.807, 2.05) is 13.0 Å². The van der Waals surface area contributed by atoms with E-state index in [2.05, 4.69) is 11.8 Å². The number of fused-ring (bicyclic) bond motifs is 1. The zero-order valence-corrected chi connectivity index (χ0v) is 13.2. The van der Waals surface area contributed by atoms with E-state index < -0.39 is 11.6 Å². The van der Waals surface area contributed by atoms with Crippen LogP contribution in [0.25, 0.3) is 10.8 Å². The molecule has 0 aliphatic heterocycles. The molecule has 0 nitrogen and oxygen atoms in total. The van der Waals surface area contributed by atoms with E-state index in [1.54, 1.807) is 18.2 Å². The summed E-state index contributed by atoms with van der Waals surface area (Å²) in [5, 5.41) is 0.759. The summed E-state index contributed by atoms with van der Waals surface area (Å²) in [6, 6.07) is 12.4. The number of halogens is 3. The predicted molar refractivity (Wildman–Crippen MR) is 90.2 cm³/mol. The number of rotatable bonds is 2. The van der Waals surface area contributed by atoms with Crippen LogP contribution in [0.15, 0.2) is 48.5 Å². The largest absolute Gasteiger partial charge is 0.206 e. The molecule has 0 atom stereocenters. The first-order valence-corrected chi connectivity index (χ1v) is 7.76. The average Bonchev–Trinajstić information content (AvgIpc) is 2.58.